The third kappa shape index (κ3) is 2.48. The molecule has 104 valence electrons. The van der Waals surface area contributed by atoms with Crippen LogP contribution in [-0.4, -0.2) is 22.7 Å². The number of aliphatic hydroxyl groups excluding tert-OH is 1. The number of hydrogen-bond donors (Lipinski definition) is 1. The highest BCUT2D eigenvalue weighted by molar-refractivity contribution is 5.49. The number of piperidine rings is 1. The van der Waals surface area contributed by atoms with Gasteiger partial charge in [0.05, 0.1) is 6.10 Å². The SMILES string of the molecule is CC(O)c1cccnc1N1CCCC2CCCCC21. The van der Waals surface area contributed by atoms with Crippen molar-refractivity contribution in [1.29, 1.82) is 0 Å². The van der Waals surface area contributed by atoms with E-state index >= 15 is 0 Å². The summed E-state index contributed by atoms with van der Waals surface area (Å²) in [5, 5.41) is 9.96. The van der Waals surface area contributed by atoms with Crippen molar-refractivity contribution in [3.8, 4) is 0 Å². The van der Waals surface area contributed by atoms with Gasteiger partial charge in [-0.25, -0.2) is 4.98 Å². The zero-order valence-electron chi connectivity index (χ0n) is 11.8. The molecule has 3 atom stereocenters. The first-order chi connectivity index (χ1) is 9.27. The molecule has 3 heteroatoms. The van der Waals surface area contributed by atoms with E-state index in [4.69, 9.17) is 0 Å². The monoisotopic (exact) mass is 260 g/mol. The summed E-state index contributed by atoms with van der Waals surface area (Å²) in [4.78, 5) is 7.06. The van der Waals surface area contributed by atoms with Crippen molar-refractivity contribution in [3.63, 3.8) is 0 Å². The van der Waals surface area contributed by atoms with Gasteiger partial charge >= 0.3 is 0 Å². The number of anilines is 1. The lowest BCUT2D eigenvalue weighted by atomic mass is 9.78. The quantitative estimate of drug-likeness (QED) is 0.886. The molecule has 1 aromatic rings. The molecule has 1 N–H and O–H groups in total. The Morgan fingerprint density at radius 3 is 2.89 bits per heavy atom. The van der Waals surface area contributed by atoms with Gasteiger partial charge in [-0.05, 0) is 44.6 Å². The zero-order valence-corrected chi connectivity index (χ0v) is 11.8. The van der Waals surface area contributed by atoms with E-state index < -0.39 is 6.10 Å². The van der Waals surface area contributed by atoms with Crippen LogP contribution in [0, 0.1) is 5.92 Å². The lowest BCUT2D eigenvalue weighted by Crippen LogP contribution is -2.47. The molecule has 2 heterocycles. The Labute approximate surface area is 115 Å². The number of rotatable bonds is 2. The summed E-state index contributed by atoms with van der Waals surface area (Å²) >= 11 is 0. The predicted octanol–water partition coefficient (Wildman–Crippen LogP) is 3.29. The van der Waals surface area contributed by atoms with Crippen LogP contribution < -0.4 is 4.90 Å². The first-order valence-corrected chi connectivity index (χ1v) is 7.67. The van der Waals surface area contributed by atoms with Crippen molar-refractivity contribution in [2.75, 3.05) is 11.4 Å². The third-order valence-electron chi connectivity index (χ3n) is 4.78. The second-order valence-corrected chi connectivity index (χ2v) is 6.04. The molecule has 1 aliphatic carbocycles. The van der Waals surface area contributed by atoms with Crippen LogP contribution in [0.1, 0.15) is 57.1 Å². The van der Waals surface area contributed by atoms with E-state index in [2.05, 4.69) is 9.88 Å². The number of aromatic nitrogens is 1. The van der Waals surface area contributed by atoms with E-state index in [-0.39, 0.29) is 0 Å². The van der Waals surface area contributed by atoms with Gasteiger partial charge in [0, 0.05) is 24.3 Å². The Morgan fingerprint density at radius 2 is 2.05 bits per heavy atom. The molecule has 2 aliphatic rings. The number of hydrogen-bond acceptors (Lipinski definition) is 3. The van der Waals surface area contributed by atoms with Crippen molar-refractivity contribution < 1.29 is 5.11 Å². The van der Waals surface area contributed by atoms with E-state index in [9.17, 15) is 5.11 Å². The summed E-state index contributed by atoms with van der Waals surface area (Å²) in [6.07, 6.45) is 9.45. The minimum Gasteiger partial charge on any atom is -0.389 e. The third-order valence-corrected chi connectivity index (χ3v) is 4.78. The standard InChI is InChI=1S/C16H24N2O/c1-12(19)14-8-4-10-17-16(14)18-11-5-7-13-6-2-3-9-15(13)18/h4,8,10,12-13,15,19H,2-3,5-7,9,11H2,1H3. The van der Waals surface area contributed by atoms with Crippen LogP contribution in [0.4, 0.5) is 5.82 Å². The van der Waals surface area contributed by atoms with Crippen LogP contribution >= 0.6 is 0 Å². The molecule has 2 fully saturated rings. The lowest BCUT2D eigenvalue weighted by molar-refractivity contribution is 0.197. The van der Waals surface area contributed by atoms with Crippen molar-refractivity contribution in [2.45, 2.75) is 57.6 Å². The Balaban J connectivity index is 1.91. The maximum atomic E-state index is 9.96. The van der Waals surface area contributed by atoms with Crippen molar-refractivity contribution in [1.82, 2.24) is 4.98 Å². The molecule has 3 nitrogen and oxygen atoms in total. The molecule has 0 aromatic carbocycles. The Hall–Kier alpha value is -1.09. The van der Waals surface area contributed by atoms with Crippen LogP contribution in [0.5, 0.6) is 0 Å². The van der Waals surface area contributed by atoms with Gasteiger partial charge in [-0.1, -0.05) is 18.9 Å². The molecule has 1 aromatic heterocycles. The number of fused-ring (bicyclic) bond motifs is 1. The van der Waals surface area contributed by atoms with Gasteiger partial charge in [0.2, 0.25) is 0 Å². The molecule has 19 heavy (non-hydrogen) atoms. The maximum absolute atomic E-state index is 9.96. The average Bonchev–Trinajstić information content (AvgIpc) is 2.46. The summed E-state index contributed by atoms with van der Waals surface area (Å²) in [5.41, 5.74) is 0.980. The van der Waals surface area contributed by atoms with Crippen LogP contribution in [0.3, 0.4) is 0 Å². The van der Waals surface area contributed by atoms with Gasteiger partial charge < -0.3 is 10.0 Å². The van der Waals surface area contributed by atoms with Crippen LogP contribution in [0.2, 0.25) is 0 Å². The second-order valence-electron chi connectivity index (χ2n) is 6.04. The normalized spacial score (nSPS) is 28.8. The fourth-order valence-electron chi connectivity index (χ4n) is 3.86. The first kappa shape index (κ1) is 12.9. The summed E-state index contributed by atoms with van der Waals surface area (Å²) in [6.45, 7) is 2.93. The fourth-order valence-corrected chi connectivity index (χ4v) is 3.86. The lowest BCUT2D eigenvalue weighted by Gasteiger charge is -2.45. The maximum Gasteiger partial charge on any atom is 0.134 e. The summed E-state index contributed by atoms with van der Waals surface area (Å²) in [7, 11) is 0. The topological polar surface area (TPSA) is 36.4 Å². The second kappa shape index (κ2) is 5.49. The Kier molecular flexibility index (Phi) is 3.74. The molecular formula is C16H24N2O. The molecule has 1 saturated carbocycles. The van der Waals surface area contributed by atoms with Crippen LogP contribution in [0.15, 0.2) is 18.3 Å². The molecule has 0 amide bonds. The highest BCUT2D eigenvalue weighted by Gasteiger charge is 2.34. The fraction of sp³-hybridized carbons (Fsp3) is 0.688. The molecule has 0 radical (unpaired) electrons. The van der Waals surface area contributed by atoms with Crippen molar-refractivity contribution in [3.05, 3.63) is 23.9 Å². The Bertz CT molecular complexity index is 431. The largest absolute Gasteiger partial charge is 0.389 e. The summed E-state index contributed by atoms with van der Waals surface area (Å²) in [6, 6.07) is 4.59. The molecule has 3 rings (SSSR count). The molecule has 1 saturated heterocycles. The van der Waals surface area contributed by atoms with E-state index in [1.54, 1.807) is 0 Å². The predicted molar refractivity (Wildman–Crippen MR) is 77.2 cm³/mol. The van der Waals surface area contributed by atoms with Gasteiger partial charge in [0.25, 0.3) is 0 Å². The van der Waals surface area contributed by atoms with Gasteiger partial charge in [0.15, 0.2) is 0 Å². The van der Waals surface area contributed by atoms with E-state index in [0.717, 1.165) is 23.8 Å². The molecule has 0 spiro atoms. The van der Waals surface area contributed by atoms with Gasteiger partial charge in [-0.3, -0.25) is 0 Å². The summed E-state index contributed by atoms with van der Waals surface area (Å²) < 4.78 is 0. The number of pyridine rings is 1. The van der Waals surface area contributed by atoms with Gasteiger partial charge in [0.1, 0.15) is 5.82 Å². The smallest absolute Gasteiger partial charge is 0.134 e. The Morgan fingerprint density at radius 1 is 1.26 bits per heavy atom. The average molecular weight is 260 g/mol. The molecule has 3 unspecified atom stereocenters. The highest BCUT2D eigenvalue weighted by Crippen LogP contribution is 2.38. The first-order valence-electron chi connectivity index (χ1n) is 7.67. The van der Waals surface area contributed by atoms with Crippen molar-refractivity contribution in [2.24, 2.45) is 5.92 Å². The van der Waals surface area contributed by atoms with Gasteiger partial charge in [-0.2, -0.15) is 0 Å². The molecular weight excluding hydrogens is 236 g/mol. The molecule has 0 bridgehead atoms. The number of nitrogens with zero attached hydrogens (tertiary/aromatic N) is 2. The highest BCUT2D eigenvalue weighted by atomic mass is 16.3. The van der Waals surface area contributed by atoms with E-state index in [1.807, 2.05) is 25.3 Å². The van der Waals surface area contributed by atoms with Crippen LogP contribution in [0.25, 0.3) is 0 Å². The summed E-state index contributed by atoms with van der Waals surface area (Å²) in [5.74, 6) is 1.86. The minimum atomic E-state index is -0.437. The van der Waals surface area contributed by atoms with Gasteiger partial charge in [-0.15, -0.1) is 0 Å². The van der Waals surface area contributed by atoms with Crippen LogP contribution in [-0.2, 0) is 0 Å². The van der Waals surface area contributed by atoms with E-state index in [1.165, 1.54) is 38.5 Å². The van der Waals surface area contributed by atoms with E-state index in [0.29, 0.717) is 6.04 Å². The zero-order chi connectivity index (χ0) is 13.2. The number of aliphatic hydroxyl groups is 1. The van der Waals surface area contributed by atoms with Crippen molar-refractivity contribution >= 4 is 5.82 Å². The minimum absolute atomic E-state index is 0.437. The molecule has 1 aliphatic heterocycles.